The molecule has 0 spiro atoms. The molecule has 0 radical (unpaired) electrons. The largest absolute Gasteiger partial charge is 0.355 e. The number of fused-ring (bicyclic) bond motifs is 1. The number of amides is 3. The minimum absolute atomic E-state index is 0.00206. The molecule has 0 fully saturated rings. The second kappa shape index (κ2) is 9.48. The topological polar surface area (TPSA) is 104 Å². The molecule has 1 heterocycles. The fraction of sp³-hybridized carbons (Fsp3) is 0.286. The van der Waals surface area contributed by atoms with Crippen LogP contribution in [-0.2, 0) is 26.2 Å². The number of nitrogens with one attached hydrogen (secondary N) is 1. The van der Waals surface area contributed by atoms with Crippen molar-refractivity contribution >= 4 is 50.9 Å². The zero-order valence-electron chi connectivity index (χ0n) is 17.3. The van der Waals surface area contributed by atoms with Crippen LogP contribution in [0.15, 0.2) is 47.4 Å². The van der Waals surface area contributed by atoms with Gasteiger partial charge in [-0.1, -0.05) is 41.4 Å². The van der Waals surface area contributed by atoms with Gasteiger partial charge < -0.3 is 10.2 Å². The first-order chi connectivity index (χ1) is 15.1. The molecular weight excluding hydrogens is 477 g/mol. The van der Waals surface area contributed by atoms with Crippen LogP contribution < -0.4 is 5.32 Å². The van der Waals surface area contributed by atoms with Crippen LogP contribution in [0.4, 0.5) is 0 Å². The zero-order valence-corrected chi connectivity index (χ0v) is 19.7. The molecule has 32 heavy (non-hydrogen) atoms. The van der Waals surface area contributed by atoms with Crippen molar-refractivity contribution in [3.63, 3.8) is 0 Å². The number of sulfonamides is 1. The van der Waals surface area contributed by atoms with Crippen LogP contribution in [0, 0.1) is 0 Å². The third kappa shape index (κ3) is 4.46. The van der Waals surface area contributed by atoms with Gasteiger partial charge in [0.2, 0.25) is 11.8 Å². The normalized spacial score (nSPS) is 15.2. The molecule has 3 amide bonds. The number of carbonyl (C=O) groups excluding carboxylic acids is 3. The number of nitrogens with zero attached hydrogens (tertiary/aromatic N) is 2. The van der Waals surface area contributed by atoms with E-state index in [1.807, 2.05) is 0 Å². The van der Waals surface area contributed by atoms with Crippen molar-refractivity contribution in [3.8, 4) is 0 Å². The van der Waals surface area contributed by atoms with Gasteiger partial charge in [0.15, 0.2) is 0 Å². The Morgan fingerprint density at radius 1 is 1.09 bits per heavy atom. The van der Waals surface area contributed by atoms with Crippen molar-refractivity contribution in [1.29, 1.82) is 0 Å². The quantitative estimate of drug-likeness (QED) is 0.633. The molecule has 0 aliphatic carbocycles. The van der Waals surface area contributed by atoms with Crippen molar-refractivity contribution in [2.45, 2.75) is 31.3 Å². The summed E-state index contributed by atoms with van der Waals surface area (Å²) in [6, 6.07) is 9.58. The lowest BCUT2D eigenvalue weighted by Crippen LogP contribution is -2.51. The molecule has 2 aromatic rings. The van der Waals surface area contributed by atoms with Gasteiger partial charge in [0.1, 0.15) is 17.5 Å². The van der Waals surface area contributed by atoms with Gasteiger partial charge in [-0.25, -0.2) is 12.7 Å². The summed E-state index contributed by atoms with van der Waals surface area (Å²) in [4.78, 5) is 39.4. The molecular formula is C21H21Cl2N3O5S. The van der Waals surface area contributed by atoms with Crippen LogP contribution in [0.1, 0.15) is 29.8 Å². The summed E-state index contributed by atoms with van der Waals surface area (Å²) in [5.41, 5.74) is 0.400. The zero-order chi connectivity index (χ0) is 23.6. The average Bonchev–Trinajstić information content (AvgIpc) is 2.94. The number of hydrogen-bond donors (Lipinski definition) is 1. The molecule has 0 saturated carbocycles. The lowest BCUT2D eigenvalue weighted by Gasteiger charge is -2.30. The number of halogens is 2. The van der Waals surface area contributed by atoms with E-state index in [9.17, 15) is 22.8 Å². The van der Waals surface area contributed by atoms with Gasteiger partial charge in [-0.05, 0) is 38.1 Å². The second-order valence-electron chi connectivity index (χ2n) is 7.11. The molecule has 1 aliphatic heterocycles. The van der Waals surface area contributed by atoms with Crippen LogP contribution in [-0.4, -0.2) is 54.5 Å². The van der Waals surface area contributed by atoms with Gasteiger partial charge >= 0.3 is 0 Å². The van der Waals surface area contributed by atoms with Gasteiger partial charge in [-0.2, -0.15) is 0 Å². The highest BCUT2D eigenvalue weighted by Crippen LogP contribution is 2.31. The highest BCUT2D eigenvalue weighted by Gasteiger charge is 2.43. The number of benzene rings is 2. The van der Waals surface area contributed by atoms with Gasteiger partial charge in [-0.3, -0.25) is 14.4 Å². The summed E-state index contributed by atoms with van der Waals surface area (Å²) in [6.45, 7) is 2.66. The van der Waals surface area contributed by atoms with Crippen LogP contribution in [0.5, 0.6) is 0 Å². The molecule has 2 aromatic carbocycles. The van der Waals surface area contributed by atoms with Crippen molar-refractivity contribution in [2.75, 3.05) is 13.1 Å². The van der Waals surface area contributed by atoms with Crippen LogP contribution in [0.25, 0.3) is 0 Å². The molecule has 11 heteroatoms. The number of rotatable bonds is 7. The fourth-order valence-corrected chi connectivity index (χ4v) is 5.39. The van der Waals surface area contributed by atoms with Crippen molar-refractivity contribution < 1.29 is 22.8 Å². The molecule has 0 aromatic heterocycles. The fourth-order valence-electron chi connectivity index (χ4n) is 3.36. The van der Waals surface area contributed by atoms with Gasteiger partial charge in [0.25, 0.3) is 15.9 Å². The predicted molar refractivity (Wildman–Crippen MR) is 120 cm³/mol. The number of carbonyl (C=O) groups is 3. The Kier molecular flexibility index (Phi) is 7.12. The molecule has 170 valence electrons. The summed E-state index contributed by atoms with van der Waals surface area (Å²) < 4.78 is 26.2. The summed E-state index contributed by atoms with van der Waals surface area (Å²) in [7, 11) is -4.19. The van der Waals surface area contributed by atoms with Gasteiger partial charge in [0, 0.05) is 28.7 Å². The van der Waals surface area contributed by atoms with Crippen LogP contribution in [0.3, 0.4) is 0 Å². The standard InChI is InChI=1S/C21H21Cl2N3O5S/c1-3-24-20(28)13(2)25(11-15-16(22)8-6-9-17(15)23)19(27)12-26-21(29)14-7-4-5-10-18(14)32(26,30)31/h4-10,13H,3,11-12H2,1-2H3,(H,24,28). The Bertz CT molecular complexity index is 1170. The second-order valence-corrected chi connectivity index (χ2v) is 9.75. The molecule has 0 saturated heterocycles. The molecule has 1 aliphatic rings. The van der Waals surface area contributed by atoms with Crippen LogP contribution in [0.2, 0.25) is 10.0 Å². The monoisotopic (exact) mass is 497 g/mol. The lowest BCUT2D eigenvalue weighted by molar-refractivity contribution is -0.140. The summed E-state index contributed by atoms with van der Waals surface area (Å²) >= 11 is 12.5. The Balaban J connectivity index is 1.94. The Hall–Kier alpha value is -2.62. The Labute approximate surface area is 196 Å². The Morgan fingerprint density at radius 3 is 2.31 bits per heavy atom. The summed E-state index contributed by atoms with van der Waals surface area (Å²) in [5.74, 6) is -1.98. The lowest BCUT2D eigenvalue weighted by atomic mass is 10.1. The van der Waals surface area contributed by atoms with E-state index in [1.54, 1.807) is 31.2 Å². The van der Waals surface area contributed by atoms with E-state index in [0.717, 1.165) is 4.90 Å². The van der Waals surface area contributed by atoms with Crippen LogP contribution >= 0.6 is 23.2 Å². The third-order valence-corrected chi connectivity index (χ3v) is 7.59. The maximum absolute atomic E-state index is 13.3. The molecule has 1 N–H and O–H groups in total. The minimum atomic E-state index is -4.19. The molecule has 1 unspecified atom stereocenters. The van der Waals surface area contributed by atoms with Crippen molar-refractivity contribution in [1.82, 2.24) is 14.5 Å². The minimum Gasteiger partial charge on any atom is -0.355 e. The van der Waals surface area contributed by atoms with Gasteiger partial charge in [-0.15, -0.1) is 0 Å². The first-order valence-corrected chi connectivity index (χ1v) is 11.9. The highest BCUT2D eigenvalue weighted by molar-refractivity contribution is 7.90. The molecule has 8 nitrogen and oxygen atoms in total. The van der Waals surface area contributed by atoms with Gasteiger partial charge in [0.05, 0.1) is 5.56 Å². The first kappa shape index (κ1) is 24.0. The van der Waals surface area contributed by atoms with E-state index in [2.05, 4.69) is 5.32 Å². The molecule has 1 atom stereocenters. The predicted octanol–water partition coefficient (Wildman–Crippen LogP) is 2.69. The van der Waals surface area contributed by atoms with Crippen molar-refractivity contribution in [3.05, 3.63) is 63.6 Å². The average molecular weight is 498 g/mol. The maximum atomic E-state index is 13.3. The number of likely N-dealkylation sites (N-methyl/N-ethyl adjacent to an activating group) is 1. The summed E-state index contributed by atoms with van der Waals surface area (Å²) in [5, 5.41) is 3.21. The highest BCUT2D eigenvalue weighted by atomic mass is 35.5. The smallest absolute Gasteiger partial charge is 0.269 e. The summed E-state index contributed by atoms with van der Waals surface area (Å²) in [6.07, 6.45) is 0. The Morgan fingerprint density at radius 2 is 1.72 bits per heavy atom. The van der Waals surface area contributed by atoms with E-state index in [1.165, 1.54) is 25.1 Å². The SMILES string of the molecule is CCNC(=O)C(C)N(Cc1c(Cl)cccc1Cl)C(=O)CN1C(=O)c2ccccc2S1(=O)=O. The van der Waals surface area contributed by atoms with E-state index in [4.69, 9.17) is 23.2 Å². The third-order valence-electron chi connectivity index (χ3n) is 5.10. The molecule has 3 rings (SSSR count). The van der Waals surface area contributed by atoms with Crippen molar-refractivity contribution in [2.24, 2.45) is 0 Å². The first-order valence-electron chi connectivity index (χ1n) is 9.75. The number of hydrogen-bond acceptors (Lipinski definition) is 5. The molecule has 0 bridgehead atoms. The van der Waals surface area contributed by atoms with E-state index in [-0.39, 0.29) is 27.0 Å². The maximum Gasteiger partial charge on any atom is 0.269 e. The van der Waals surface area contributed by atoms with E-state index in [0.29, 0.717) is 16.4 Å². The van der Waals surface area contributed by atoms with E-state index < -0.39 is 40.3 Å². The van der Waals surface area contributed by atoms with E-state index >= 15 is 0 Å².